The van der Waals surface area contributed by atoms with Gasteiger partial charge >= 0.3 is 5.97 Å². The number of aliphatic carboxylic acids is 1. The number of aromatic nitrogens is 1. The number of rotatable bonds is 6. The van der Waals surface area contributed by atoms with Gasteiger partial charge in [-0.25, -0.2) is 0 Å². The molecule has 1 fully saturated rings. The Morgan fingerprint density at radius 3 is 2.71 bits per heavy atom. The monoisotopic (exact) mass is 292 g/mol. The van der Waals surface area contributed by atoms with Gasteiger partial charge in [0, 0.05) is 31.5 Å². The van der Waals surface area contributed by atoms with E-state index in [0.29, 0.717) is 38.9 Å². The van der Waals surface area contributed by atoms with Crippen molar-refractivity contribution in [1.29, 1.82) is 0 Å². The summed E-state index contributed by atoms with van der Waals surface area (Å²) in [6.45, 7) is 0.960. The van der Waals surface area contributed by atoms with Crippen molar-refractivity contribution in [3.05, 3.63) is 30.1 Å². The molecule has 2 rings (SSSR count). The van der Waals surface area contributed by atoms with E-state index in [2.05, 4.69) is 10.3 Å². The molecule has 0 unspecified atom stereocenters. The van der Waals surface area contributed by atoms with Crippen LogP contribution < -0.4 is 5.32 Å². The van der Waals surface area contributed by atoms with Gasteiger partial charge in [-0.2, -0.15) is 0 Å². The number of amides is 1. The van der Waals surface area contributed by atoms with E-state index in [0.717, 1.165) is 5.69 Å². The lowest BCUT2D eigenvalue weighted by atomic mass is 9.86. The molecule has 0 radical (unpaired) electrons. The Labute approximate surface area is 123 Å². The zero-order chi connectivity index (χ0) is 15.1. The zero-order valence-electron chi connectivity index (χ0n) is 11.9. The molecule has 114 valence electrons. The maximum atomic E-state index is 12.1. The van der Waals surface area contributed by atoms with Crippen LogP contribution in [0.25, 0.3) is 0 Å². The Morgan fingerprint density at radius 1 is 1.33 bits per heavy atom. The molecule has 0 atom stereocenters. The molecule has 1 aliphatic rings. The van der Waals surface area contributed by atoms with Gasteiger partial charge in [-0.05, 0) is 31.4 Å². The fourth-order valence-electron chi connectivity index (χ4n) is 2.54. The van der Waals surface area contributed by atoms with Crippen molar-refractivity contribution >= 4 is 11.9 Å². The minimum atomic E-state index is -0.901. The molecule has 2 heterocycles. The number of aryl methyl sites for hydroxylation is 1. The van der Waals surface area contributed by atoms with Gasteiger partial charge in [-0.1, -0.05) is 6.07 Å². The molecule has 0 spiro atoms. The van der Waals surface area contributed by atoms with Crippen molar-refractivity contribution in [3.8, 4) is 0 Å². The predicted octanol–water partition coefficient (Wildman–Crippen LogP) is 1.15. The summed E-state index contributed by atoms with van der Waals surface area (Å²) < 4.78 is 5.26. The number of carbonyl (C=O) groups is 2. The van der Waals surface area contributed by atoms with Crippen LogP contribution in [0.3, 0.4) is 0 Å². The molecular weight excluding hydrogens is 272 g/mol. The number of carboxylic acid groups (broad SMARTS) is 1. The summed E-state index contributed by atoms with van der Waals surface area (Å²) in [7, 11) is 0. The number of carbonyl (C=O) groups excluding carboxylic acids is 1. The first-order valence-electron chi connectivity index (χ1n) is 7.10. The molecule has 6 heteroatoms. The van der Waals surface area contributed by atoms with Crippen molar-refractivity contribution in [2.24, 2.45) is 0 Å². The molecule has 1 aromatic heterocycles. The maximum Gasteiger partial charge on any atom is 0.305 e. The number of pyridine rings is 1. The first-order valence-corrected chi connectivity index (χ1v) is 7.10. The third-order valence-electron chi connectivity index (χ3n) is 3.68. The smallest absolute Gasteiger partial charge is 0.305 e. The quantitative estimate of drug-likeness (QED) is 0.821. The fraction of sp³-hybridized carbons (Fsp3) is 0.533. The third-order valence-corrected chi connectivity index (χ3v) is 3.68. The molecule has 21 heavy (non-hydrogen) atoms. The van der Waals surface area contributed by atoms with Crippen LogP contribution in [-0.2, 0) is 20.7 Å². The van der Waals surface area contributed by atoms with Crippen LogP contribution >= 0.6 is 0 Å². The average Bonchev–Trinajstić information content (AvgIpc) is 2.46. The maximum absolute atomic E-state index is 12.1. The van der Waals surface area contributed by atoms with E-state index in [4.69, 9.17) is 9.84 Å². The molecular formula is C15H20N2O4. The molecule has 1 saturated heterocycles. The van der Waals surface area contributed by atoms with Crippen LogP contribution in [0, 0.1) is 0 Å². The predicted molar refractivity (Wildman–Crippen MR) is 75.7 cm³/mol. The van der Waals surface area contributed by atoms with Crippen molar-refractivity contribution in [2.45, 2.75) is 37.6 Å². The molecule has 0 aromatic carbocycles. The van der Waals surface area contributed by atoms with Gasteiger partial charge in [0.1, 0.15) is 0 Å². The number of nitrogens with one attached hydrogen (secondary N) is 1. The summed E-state index contributed by atoms with van der Waals surface area (Å²) in [4.78, 5) is 27.3. The van der Waals surface area contributed by atoms with E-state index >= 15 is 0 Å². The molecule has 6 nitrogen and oxygen atoms in total. The fourth-order valence-corrected chi connectivity index (χ4v) is 2.54. The number of ether oxygens (including phenoxy) is 1. The van der Waals surface area contributed by atoms with Crippen LogP contribution in [0.15, 0.2) is 24.4 Å². The summed E-state index contributed by atoms with van der Waals surface area (Å²) >= 11 is 0. The third kappa shape index (κ3) is 4.82. The van der Waals surface area contributed by atoms with Gasteiger partial charge in [-0.3, -0.25) is 14.6 Å². The van der Waals surface area contributed by atoms with E-state index in [1.54, 1.807) is 6.20 Å². The van der Waals surface area contributed by atoms with Crippen LogP contribution in [-0.4, -0.2) is 40.7 Å². The highest BCUT2D eigenvalue weighted by Crippen LogP contribution is 2.24. The normalized spacial score (nSPS) is 17.1. The van der Waals surface area contributed by atoms with Crippen molar-refractivity contribution in [1.82, 2.24) is 10.3 Å². The Bertz CT molecular complexity index is 484. The van der Waals surface area contributed by atoms with Gasteiger partial charge in [0.05, 0.1) is 12.0 Å². The van der Waals surface area contributed by atoms with Crippen LogP contribution in [0.5, 0.6) is 0 Å². The van der Waals surface area contributed by atoms with E-state index in [9.17, 15) is 9.59 Å². The Morgan fingerprint density at radius 2 is 2.10 bits per heavy atom. The lowest BCUT2D eigenvalue weighted by Crippen LogP contribution is -2.53. The Balaban J connectivity index is 1.90. The van der Waals surface area contributed by atoms with E-state index in [1.165, 1.54) is 0 Å². The molecule has 2 N–H and O–H groups in total. The highest BCUT2D eigenvalue weighted by atomic mass is 16.5. The number of hydrogen-bond donors (Lipinski definition) is 2. The number of nitrogens with zero attached hydrogens (tertiary/aromatic N) is 1. The van der Waals surface area contributed by atoms with Gasteiger partial charge in [0.25, 0.3) is 0 Å². The lowest BCUT2D eigenvalue weighted by molar-refractivity contribution is -0.140. The molecule has 1 amide bonds. The highest BCUT2D eigenvalue weighted by Gasteiger charge is 2.36. The van der Waals surface area contributed by atoms with Crippen molar-refractivity contribution in [3.63, 3.8) is 0 Å². The topological polar surface area (TPSA) is 88.5 Å². The first kappa shape index (κ1) is 15.4. The average molecular weight is 292 g/mol. The molecule has 0 saturated carbocycles. The van der Waals surface area contributed by atoms with Gasteiger partial charge in [0.15, 0.2) is 0 Å². The van der Waals surface area contributed by atoms with E-state index in [-0.39, 0.29) is 12.3 Å². The van der Waals surface area contributed by atoms with Crippen LogP contribution in [0.2, 0.25) is 0 Å². The van der Waals surface area contributed by atoms with Gasteiger partial charge in [-0.15, -0.1) is 0 Å². The second kappa shape index (κ2) is 7.17. The second-order valence-corrected chi connectivity index (χ2v) is 5.33. The standard InChI is InChI=1S/C15H20N2O4/c18-13(5-4-12-3-1-2-8-16-12)17-15(11-14(19)20)6-9-21-10-7-15/h1-3,8H,4-7,9-11H2,(H,17,18)(H,19,20). The molecule has 1 aromatic rings. The largest absolute Gasteiger partial charge is 0.481 e. The van der Waals surface area contributed by atoms with E-state index in [1.807, 2.05) is 18.2 Å². The molecule has 1 aliphatic heterocycles. The summed E-state index contributed by atoms with van der Waals surface area (Å²) in [6, 6.07) is 5.58. The minimum Gasteiger partial charge on any atom is -0.481 e. The summed E-state index contributed by atoms with van der Waals surface area (Å²) in [6.07, 6.45) is 3.55. The van der Waals surface area contributed by atoms with E-state index < -0.39 is 11.5 Å². The Hall–Kier alpha value is -1.95. The summed E-state index contributed by atoms with van der Waals surface area (Å²) in [5, 5.41) is 12.0. The number of hydrogen-bond acceptors (Lipinski definition) is 4. The van der Waals surface area contributed by atoms with Gasteiger partial charge < -0.3 is 15.2 Å². The summed E-state index contributed by atoms with van der Waals surface area (Å²) in [5.41, 5.74) is 0.178. The van der Waals surface area contributed by atoms with Gasteiger partial charge in [0.2, 0.25) is 5.91 Å². The van der Waals surface area contributed by atoms with Crippen molar-refractivity contribution in [2.75, 3.05) is 13.2 Å². The van der Waals surface area contributed by atoms with Crippen LogP contribution in [0.4, 0.5) is 0 Å². The number of carboxylic acids is 1. The molecule has 0 aliphatic carbocycles. The van der Waals surface area contributed by atoms with Crippen LogP contribution in [0.1, 0.15) is 31.4 Å². The molecule has 0 bridgehead atoms. The van der Waals surface area contributed by atoms with Crippen molar-refractivity contribution < 1.29 is 19.4 Å². The SMILES string of the molecule is O=C(O)CC1(NC(=O)CCc2ccccn2)CCOCC1. The summed E-state index contributed by atoms with van der Waals surface area (Å²) in [5.74, 6) is -1.04. The zero-order valence-corrected chi connectivity index (χ0v) is 11.9. The lowest BCUT2D eigenvalue weighted by Gasteiger charge is -2.36. The second-order valence-electron chi connectivity index (χ2n) is 5.33. The highest BCUT2D eigenvalue weighted by molar-refractivity contribution is 5.78. The Kier molecular flexibility index (Phi) is 5.27. The minimum absolute atomic E-state index is 0.0638. The first-order chi connectivity index (χ1) is 10.1.